The summed E-state index contributed by atoms with van der Waals surface area (Å²) in [5.41, 5.74) is 0. The minimum Gasteiger partial charge on any atom is -0.394 e. The molecular weight excluding hydrogens is 1290 g/mol. The minimum absolute atomic E-state index is 0.194. The van der Waals surface area contributed by atoms with Crippen molar-refractivity contribution < 1.29 is 89.4 Å². The van der Waals surface area contributed by atoms with Crippen LogP contribution in [0.4, 0.5) is 0 Å². The van der Waals surface area contributed by atoms with E-state index in [-0.39, 0.29) is 18.9 Å². The molecule has 17 atom stereocenters. The fraction of sp³-hybridized carbons (Fsp3) is 0.695. The highest BCUT2D eigenvalue weighted by molar-refractivity contribution is 5.76. The van der Waals surface area contributed by atoms with E-state index in [1.165, 1.54) is 89.9 Å². The predicted octanol–water partition coefficient (Wildman–Crippen LogP) is 12.3. The van der Waals surface area contributed by atoms with Gasteiger partial charge in [-0.2, -0.15) is 0 Å². The van der Waals surface area contributed by atoms with Gasteiger partial charge in [0, 0.05) is 6.42 Å². The summed E-state index contributed by atoms with van der Waals surface area (Å²) in [6.45, 7) is 1.59. The van der Waals surface area contributed by atoms with Gasteiger partial charge in [-0.3, -0.25) is 4.79 Å². The van der Waals surface area contributed by atoms with Gasteiger partial charge in [-0.05, 0) is 103 Å². The Kier molecular flexibility index (Phi) is 54.8. The third-order valence-electron chi connectivity index (χ3n) is 18.1. The van der Waals surface area contributed by atoms with Crippen LogP contribution in [0.5, 0.6) is 0 Å². The molecule has 0 aromatic heterocycles. The molecule has 3 rings (SSSR count). The second kappa shape index (κ2) is 60.9. The number of amides is 1. The molecule has 0 aliphatic carbocycles. The lowest BCUT2D eigenvalue weighted by atomic mass is 9.96. The number of aliphatic hydroxyl groups is 11. The van der Waals surface area contributed by atoms with Crippen LogP contribution < -0.4 is 5.32 Å². The highest BCUT2D eigenvalue weighted by atomic mass is 16.8. The van der Waals surface area contributed by atoms with E-state index in [1.54, 1.807) is 6.08 Å². The molecule has 3 fully saturated rings. The summed E-state index contributed by atoms with van der Waals surface area (Å²) in [5.74, 6) is -0.312. The fourth-order valence-electron chi connectivity index (χ4n) is 12.0. The highest BCUT2D eigenvalue weighted by Crippen LogP contribution is 2.33. The molecule has 3 aliphatic heterocycles. The third kappa shape index (κ3) is 41.2. The Morgan fingerprint density at radius 1 is 0.366 bits per heavy atom. The summed E-state index contributed by atoms with van der Waals surface area (Å²) in [6, 6.07) is -1.00. The lowest BCUT2D eigenvalue weighted by Gasteiger charge is -2.48. The van der Waals surface area contributed by atoms with Crippen LogP contribution in [0.15, 0.2) is 146 Å². The third-order valence-corrected chi connectivity index (χ3v) is 18.1. The second-order valence-corrected chi connectivity index (χ2v) is 26.7. The van der Waals surface area contributed by atoms with Gasteiger partial charge in [0.25, 0.3) is 0 Å². The summed E-state index contributed by atoms with van der Waals surface area (Å²) in [4.78, 5) is 13.4. The number of ether oxygens (including phenoxy) is 6. The maximum atomic E-state index is 13.4. The van der Waals surface area contributed by atoms with Gasteiger partial charge >= 0.3 is 0 Å². The number of carbonyl (C=O) groups excluding carboxylic acids is 1. The Balaban J connectivity index is 1.40. The maximum absolute atomic E-state index is 13.4. The number of aliphatic hydroxyl groups excluding tert-OH is 11. The first-order chi connectivity index (χ1) is 49.3. The van der Waals surface area contributed by atoms with Gasteiger partial charge in [-0.15, -0.1) is 0 Å². The predicted molar refractivity (Wildman–Crippen MR) is 401 cm³/mol. The number of carbonyl (C=O) groups is 1. The first-order valence-electron chi connectivity index (χ1n) is 38.6. The Bertz CT molecular complexity index is 2400. The van der Waals surface area contributed by atoms with Crippen LogP contribution in [0.25, 0.3) is 0 Å². The standard InChI is InChI=1S/C82H135NO18/c1-3-5-7-9-11-13-15-17-19-21-23-24-25-26-27-28-29-30-31-32-33-34-35-36-37-38-39-40-42-44-46-48-50-52-54-56-58-60-70(88)83-65(66(87)59-57-55-53-51-49-47-45-43-41-22-20-18-16-14-12-10-8-6-4-2)64-96-80-76(94)73(91)78(68(62-85)98-80)101-82-77(95)74(92)79(69(63-86)99-82)100-81-75(93)72(90)71(89)67(61-84)97-81/h5,7,11,13,17,19,23-24,26-27,29-30,32-33,35-36,38-39,42,44,48,50,57,59,65-69,71-82,84-87,89-95H,3-4,6,8-10,12,14-16,18,20-22,25,28,31,34,37,40-41,43,45-47,49,51-56,58,60-64H2,1-2H3,(H,83,88)/b7-5-,13-11-,19-17-,24-23-,27-26-,30-29-,33-32-,36-35-,39-38-,44-42-,50-48-,59-57+. The normalized spacial score (nSPS) is 27.2. The topological polar surface area (TPSA) is 307 Å². The van der Waals surface area contributed by atoms with Crippen LogP contribution in [0.3, 0.4) is 0 Å². The van der Waals surface area contributed by atoms with Crippen molar-refractivity contribution in [3.8, 4) is 0 Å². The first-order valence-corrected chi connectivity index (χ1v) is 38.6. The van der Waals surface area contributed by atoms with Gasteiger partial charge in [-0.1, -0.05) is 269 Å². The SMILES string of the molecule is CC/C=C\C/C=C\C/C=C\C/C=C\C/C=C\C/C=C\C/C=C\C/C=C\C/C=C\C/C=C\C/C=C\CCCCCC(=O)NC(COC1OC(CO)C(OC2OC(CO)C(OC3OC(CO)C(O)C(O)C3O)C(O)C2O)C(O)C1O)C(O)/C=C/CCCCCCCCCCCCCCCCCCC. The van der Waals surface area contributed by atoms with Gasteiger partial charge in [0.05, 0.1) is 38.6 Å². The second-order valence-electron chi connectivity index (χ2n) is 26.7. The molecule has 101 heavy (non-hydrogen) atoms. The molecule has 1 amide bonds. The lowest BCUT2D eigenvalue weighted by molar-refractivity contribution is -0.379. The van der Waals surface area contributed by atoms with Gasteiger partial charge in [0.2, 0.25) is 5.91 Å². The first kappa shape index (κ1) is 90.9. The largest absolute Gasteiger partial charge is 0.394 e. The molecule has 0 aromatic carbocycles. The summed E-state index contributed by atoms with van der Waals surface area (Å²) >= 11 is 0. The number of hydrogen-bond donors (Lipinski definition) is 12. The van der Waals surface area contributed by atoms with Crippen LogP contribution >= 0.6 is 0 Å². The average Bonchev–Trinajstić information content (AvgIpc) is 0.789. The number of nitrogens with one attached hydrogen (secondary N) is 1. The van der Waals surface area contributed by atoms with Gasteiger partial charge in [0.15, 0.2) is 18.9 Å². The summed E-state index contributed by atoms with van der Waals surface area (Å²) in [7, 11) is 0. The molecule has 576 valence electrons. The quantitative estimate of drug-likeness (QED) is 0.0199. The molecule has 0 spiro atoms. The zero-order valence-corrected chi connectivity index (χ0v) is 61.3. The van der Waals surface area contributed by atoms with Crippen molar-refractivity contribution in [2.24, 2.45) is 0 Å². The molecule has 0 radical (unpaired) electrons. The maximum Gasteiger partial charge on any atom is 0.220 e. The van der Waals surface area contributed by atoms with E-state index in [9.17, 15) is 61.0 Å². The Morgan fingerprint density at radius 2 is 0.683 bits per heavy atom. The molecule has 3 heterocycles. The highest BCUT2D eigenvalue weighted by Gasteiger charge is 2.53. The van der Waals surface area contributed by atoms with E-state index in [0.717, 1.165) is 116 Å². The van der Waals surface area contributed by atoms with Crippen LogP contribution in [-0.4, -0.2) is 193 Å². The monoisotopic (exact) mass is 1420 g/mol. The van der Waals surface area contributed by atoms with Crippen LogP contribution in [0.1, 0.15) is 232 Å². The van der Waals surface area contributed by atoms with E-state index in [1.807, 2.05) is 6.08 Å². The van der Waals surface area contributed by atoms with Crippen molar-refractivity contribution in [3.05, 3.63) is 146 Å². The van der Waals surface area contributed by atoms with Crippen molar-refractivity contribution in [1.82, 2.24) is 5.32 Å². The minimum atomic E-state index is -1.99. The molecule has 3 saturated heterocycles. The van der Waals surface area contributed by atoms with Crippen molar-refractivity contribution in [2.45, 2.75) is 336 Å². The van der Waals surface area contributed by atoms with E-state index in [2.05, 4.69) is 153 Å². The van der Waals surface area contributed by atoms with E-state index >= 15 is 0 Å². The molecule has 19 nitrogen and oxygen atoms in total. The van der Waals surface area contributed by atoms with Crippen molar-refractivity contribution in [1.29, 1.82) is 0 Å². The number of rotatable bonds is 58. The van der Waals surface area contributed by atoms with Crippen molar-refractivity contribution in [3.63, 3.8) is 0 Å². The van der Waals surface area contributed by atoms with Crippen LogP contribution in [-0.2, 0) is 33.2 Å². The van der Waals surface area contributed by atoms with Crippen molar-refractivity contribution >= 4 is 5.91 Å². The zero-order chi connectivity index (χ0) is 73.2. The van der Waals surface area contributed by atoms with E-state index in [0.29, 0.717) is 6.42 Å². The van der Waals surface area contributed by atoms with Crippen molar-refractivity contribution in [2.75, 3.05) is 26.4 Å². The fourth-order valence-corrected chi connectivity index (χ4v) is 12.0. The molecule has 0 aromatic rings. The van der Waals surface area contributed by atoms with Crippen LogP contribution in [0, 0.1) is 0 Å². The molecular formula is C82H135NO18. The van der Waals surface area contributed by atoms with Gasteiger partial charge in [0.1, 0.15) is 73.2 Å². The van der Waals surface area contributed by atoms with E-state index < -0.39 is 124 Å². The Labute approximate surface area is 606 Å². The Hall–Kier alpha value is -4.33. The molecule has 17 unspecified atom stereocenters. The molecule has 0 saturated carbocycles. The molecule has 12 N–H and O–H groups in total. The molecule has 19 heteroatoms. The Morgan fingerprint density at radius 3 is 1.07 bits per heavy atom. The smallest absolute Gasteiger partial charge is 0.220 e. The van der Waals surface area contributed by atoms with Crippen LogP contribution in [0.2, 0.25) is 0 Å². The molecule has 0 bridgehead atoms. The average molecular weight is 1420 g/mol. The summed E-state index contributed by atoms with van der Waals surface area (Å²) < 4.78 is 34.4. The summed E-state index contributed by atoms with van der Waals surface area (Å²) in [6.07, 6.45) is 61.0. The lowest BCUT2D eigenvalue weighted by Crippen LogP contribution is -2.66. The number of unbranched alkanes of at least 4 members (excludes halogenated alkanes) is 20. The molecule has 3 aliphatic rings. The van der Waals surface area contributed by atoms with E-state index in [4.69, 9.17) is 28.4 Å². The summed E-state index contributed by atoms with van der Waals surface area (Å²) in [5, 5.41) is 121. The number of allylic oxidation sites excluding steroid dienone is 23. The van der Waals surface area contributed by atoms with Gasteiger partial charge < -0.3 is 89.9 Å². The zero-order valence-electron chi connectivity index (χ0n) is 61.3. The van der Waals surface area contributed by atoms with Gasteiger partial charge in [-0.25, -0.2) is 0 Å². The number of hydrogen-bond acceptors (Lipinski definition) is 18.